The Morgan fingerprint density at radius 2 is 1.73 bits per heavy atom. The highest BCUT2D eigenvalue weighted by Crippen LogP contribution is 2.75. The summed E-state index contributed by atoms with van der Waals surface area (Å²) in [5.41, 5.74) is 1.10. The van der Waals surface area contributed by atoms with Gasteiger partial charge in [0.05, 0.1) is 31.8 Å². The number of ether oxygens (including phenoxy) is 3. The number of carboxylic acid groups (broad SMARTS) is 1. The Morgan fingerprint density at radius 3 is 2.38 bits per heavy atom. The first-order valence-electron chi connectivity index (χ1n) is 18.6. The van der Waals surface area contributed by atoms with Crippen molar-refractivity contribution in [2.24, 2.45) is 62.6 Å². The maximum absolute atomic E-state index is 13.4. The van der Waals surface area contributed by atoms with Crippen molar-refractivity contribution in [3.8, 4) is 0 Å². The average Bonchev–Trinajstić information content (AvgIpc) is 2.97. The third-order valence-corrected chi connectivity index (χ3v) is 15.9. The molecule has 6 heteroatoms. The monoisotopic (exact) mass is 627 g/mol. The normalized spacial score (nSPS) is 48.0. The van der Waals surface area contributed by atoms with Crippen molar-refractivity contribution in [1.29, 1.82) is 0 Å². The molecule has 0 aromatic heterocycles. The molecule has 0 aromatic carbocycles. The van der Waals surface area contributed by atoms with E-state index in [4.69, 9.17) is 14.2 Å². The number of allylic oxidation sites excluding steroid dienone is 1. The molecule has 0 amide bonds. The zero-order valence-corrected chi connectivity index (χ0v) is 30.1. The smallest absolute Gasteiger partial charge is 0.307 e. The third kappa shape index (κ3) is 4.79. The molecule has 3 saturated carbocycles. The van der Waals surface area contributed by atoms with E-state index in [1.54, 1.807) is 5.57 Å². The summed E-state index contributed by atoms with van der Waals surface area (Å²) in [6.07, 6.45) is 11.2. The highest BCUT2D eigenvalue weighted by atomic mass is 16.5. The molecule has 0 radical (unpaired) electrons. The van der Waals surface area contributed by atoms with Crippen LogP contribution < -0.4 is 5.32 Å². The minimum absolute atomic E-state index is 0.00102. The van der Waals surface area contributed by atoms with E-state index >= 15 is 0 Å². The van der Waals surface area contributed by atoms with E-state index in [-0.39, 0.29) is 44.6 Å². The van der Waals surface area contributed by atoms with Crippen molar-refractivity contribution in [2.75, 3.05) is 39.6 Å². The lowest BCUT2D eigenvalue weighted by Crippen LogP contribution is -2.69. The molecule has 5 fully saturated rings. The highest BCUT2D eigenvalue weighted by molar-refractivity contribution is 5.73. The van der Waals surface area contributed by atoms with Crippen molar-refractivity contribution in [1.82, 2.24) is 5.32 Å². The molecule has 2 aliphatic heterocycles. The topological polar surface area (TPSA) is 77.0 Å². The molecular formula is C39H65NO5. The van der Waals surface area contributed by atoms with Crippen LogP contribution in [0.3, 0.4) is 0 Å². The standard InChI is InChI=1S/C39H65NO5/c1-10-40-38(17-19-43-20-18-38)23-45-32-26(4)21-39-24-44-22-35(32,7)30(39)12-11-28-29(39)13-14-37(9)31(33(41)42)34(6,27(5)25(2)3)15-16-36(28,37)8/h13,25-28,30-32,40H,10-12,14-24H2,1-9H3,(H,41,42)/t26-,27-,28+,30+,31-,32+,34-,35+,36-,37+,39+/m1/s1. The summed E-state index contributed by atoms with van der Waals surface area (Å²) in [6, 6.07) is 0. The Labute approximate surface area is 274 Å². The summed E-state index contributed by atoms with van der Waals surface area (Å²) in [5, 5.41) is 14.8. The van der Waals surface area contributed by atoms with Crippen molar-refractivity contribution < 1.29 is 24.1 Å². The number of hydrogen-bond donors (Lipinski definition) is 2. The van der Waals surface area contributed by atoms with Gasteiger partial charge in [-0.05, 0) is 104 Å². The number of nitrogens with one attached hydrogen (secondary N) is 1. The Hall–Kier alpha value is -0.950. The van der Waals surface area contributed by atoms with Gasteiger partial charge >= 0.3 is 5.97 Å². The first kappa shape index (κ1) is 33.9. The minimum Gasteiger partial charge on any atom is -0.481 e. The molecular weight excluding hydrogens is 562 g/mol. The summed E-state index contributed by atoms with van der Waals surface area (Å²) in [5.74, 6) is 1.28. The molecule has 6 aliphatic rings. The lowest BCUT2D eigenvalue weighted by atomic mass is 9.34. The Kier molecular flexibility index (Phi) is 8.74. The van der Waals surface area contributed by atoms with Crippen molar-refractivity contribution in [3.63, 3.8) is 0 Å². The van der Waals surface area contributed by atoms with E-state index in [1.807, 2.05) is 0 Å². The predicted octanol–water partition coefficient (Wildman–Crippen LogP) is 7.75. The van der Waals surface area contributed by atoms with Crippen molar-refractivity contribution >= 4 is 5.97 Å². The minimum atomic E-state index is -0.582. The second-order valence-corrected chi connectivity index (χ2v) is 18.2. The first-order chi connectivity index (χ1) is 21.1. The number of aliphatic carboxylic acids is 1. The number of fused-ring (bicyclic) bond motifs is 3. The maximum atomic E-state index is 13.4. The van der Waals surface area contributed by atoms with Gasteiger partial charge in [0.2, 0.25) is 0 Å². The zero-order chi connectivity index (χ0) is 32.6. The molecule has 45 heavy (non-hydrogen) atoms. The fourth-order valence-electron chi connectivity index (χ4n) is 13.1. The maximum Gasteiger partial charge on any atom is 0.307 e. The van der Waals surface area contributed by atoms with Gasteiger partial charge < -0.3 is 24.6 Å². The molecule has 2 saturated heterocycles. The highest BCUT2D eigenvalue weighted by Gasteiger charge is 2.71. The number of hydrogen-bond acceptors (Lipinski definition) is 5. The number of carboxylic acids is 1. The summed E-state index contributed by atoms with van der Waals surface area (Å²) in [6.45, 7) is 26.0. The van der Waals surface area contributed by atoms with E-state index in [2.05, 4.69) is 73.7 Å². The van der Waals surface area contributed by atoms with E-state index < -0.39 is 5.97 Å². The van der Waals surface area contributed by atoms with E-state index in [0.29, 0.717) is 29.6 Å². The Balaban J connectivity index is 1.33. The zero-order valence-electron chi connectivity index (χ0n) is 30.1. The SMILES string of the molecule is CCNC1(CO[C@H]2[C@H](C)C[C@@]34COC[C@@]2(C)[C@@H]3CC[C@H]2C4=CC[C@@]3(C)[C@H](C(=O)O)[C@@](C)([C@H](C)C(C)C)CC[C@]23C)CCOCC1. The number of rotatable bonds is 8. The van der Waals surface area contributed by atoms with Gasteiger partial charge in [0.1, 0.15) is 0 Å². The molecule has 6 rings (SSSR count). The largest absolute Gasteiger partial charge is 0.481 e. The van der Waals surface area contributed by atoms with Crippen LogP contribution in [-0.2, 0) is 19.0 Å². The number of carbonyl (C=O) groups is 1. The van der Waals surface area contributed by atoms with E-state index in [0.717, 1.165) is 84.5 Å². The van der Waals surface area contributed by atoms with Crippen LogP contribution in [0, 0.1) is 62.6 Å². The molecule has 0 spiro atoms. The van der Waals surface area contributed by atoms with Gasteiger partial charge in [-0.3, -0.25) is 4.79 Å². The second kappa shape index (κ2) is 11.6. The first-order valence-corrected chi connectivity index (χ1v) is 18.6. The predicted molar refractivity (Wildman–Crippen MR) is 179 cm³/mol. The van der Waals surface area contributed by atoms with Crippen molar-refractivity contribution in [3.05, 3.63) is 11.6 Å². The van der Waals surface area contributed by atoms with Gasteiger partial charge in [-0.25, -0.2) is 0 Å². The Morgan fingerprint density at radius 1 is 1.02 bits per heavy atom. The second-order valence-electron chi connectivity index (χ2n) is 18.2. The average molecular weight is 628 g/mol. The number of likely N-dealkylation sites (N-methyl/N-ethyl adjacent to an activating group) is 1. The fraction of sp³-hybridized carbons (Fsp3) is 0.923. The molecule has 0 aromatic rings. The van der Waals surface area contributed by atoms with Gasteiger partial charge in [-0.2, -0.15) is 0 Å². The lowest BCUT2D eigenvalue weighted by Gasteiger charge is -2.71. The van der Waals surface area contributed by atoms with Gasteiger partial charge in [0.15, 0.2) is 0 Å². The fourth-order valence-corrected chi connectivity index (χ4v) is 13.1. The summed E-state index contributed by atoms with van der Waals surface area (Å²) in [4.78, 5) is 13.4. The van der Waals surface area contributed by atoms with Gasteiger partial charge in [-0.15, -0.1) is 0 Å². The van der Waals surface area contributed by atoms with Crippen LogP contribution in [0.15, 0.2) is 11.6 Å². The van der Waals surface area contributed by atoms with Gasteiger partial charge in [0, 0.05) is 29.6 Å². The molecule has 6 nitrogen and oxygen atoms in total. The van der Waals surface area contributed by atoms with Crippen LogP contribution in [0.2, 0.25) is 0 Å². The Bertz CT molecular complexity index is 1160. The van der Waals surface area contributed by atoms with Crippen LogP contribution in [0.4, 0.5) is 0 Å². The van der Waals surface area contributed by atoms with Crippen LogP contribution in [0.5, 0.6) is 0 Å². The lowest BCUT2D eigenvalue weighted by molar-refractivity contribution is -0.254. The molecule has 256 valence electrons. The van der Waals surface area contributed by atoms with Crippen molar-refractivity contribution in [2.45, 2.75) is 125 Å². The van der Waals surface area contributed by atoms with E-state index in [1.165, 1.54) is 6.42 Å². The summed E-state index contributed by atoms with van der Waals surface area (Å²) < 4.78 is 19.5. The molecule has 2 N–H and O–H groups in total. The van der Waals surface area contributed by atoms with Gasteiger partial charge in [-0.1, -0.05) is 74.0 Å². The molecule has 0 unspecified atom stereocenters. The quantitative estimate of drug-likeness (QED) is 0.268. The van der Waals surface area contributed by atoms with Crippen LogP contribution >= 0.6 is 0 Å². The van der Waals surface area contributed by atoms with Crippen LogP contribution in [-0.4, -0.2) is 62.3 Å². The molecule has 2 heterocycles. The molecule has 2 bridgehead atoms. The molecule has 11 atom stereocenters. The van der Waals surface area contributed by atoms with Crippen LogP contribution in [0.1, 0.15) is 114 Å². The van der Waals surface area contributed by atoms with Gasteiger partial charge in [0.25, 0.3) is 0 Å². The summed E-state index contributed by atoms with van der Waals surface area (Å²) >= 11 is 0. The molecule has 4 aliphatic carbocycles. The van der Waals surface area contributed by atoms with E-state index in [9.17, 15) is 9.90 Å². The third-order valence-electron chi connectivity index (χ3n) is 15.9. The van der Waals surface area contributed by atoms with Crippen LogP contribution in [0.25, 0.3) is 0 Å². The summed E-state index contributed by atoms with van der Waals surface area (Å²) in [7, 11) is 0.